The van der Waals surface area contributed by atoms with Gasteiger partial charge in [-0.3, -0.25) is 0 Å². The normalized spacial score (nSPS) is 11.2. The Labute approximate surface area is 170 Å². The number of nitrogens with two attached hydrogens (primary N) is 1. The number of unbranched alkanes of at least 4 members (excludes halogenated alkanes) is 1. The van der Waals surface area contributed by atoms with Crippen molar-refractivity contribution in [3.05, 3.63) is 51.6 Å². The van der Waals surface area contributed by atoms with Gasteiger partial charge in [-0.1, -0.05) is 12.1 Å². The fourth-order valence-electron chi connectivity index (χ4n) is 3.60. The van der Waals surface area contributed by atoms with Crippen LogP contribution in [-0.2, 0) is 6.42 Å². The lowest BCUT2D eigenvalue weighted by molar-refractivity contribution is 0.748. The predicted octanol–water partition coefficient (Wildman–Crippen LogP) is 5.57. The number of aryl methyl sites for hydroxylation is 1. The molecule has 0 aliphatic carbocycles. The third kappa shape index (κ3) is 4.07. The summed E-state index contributed by atoms with van der Waals surface area (Å²) in [5.41, 5.74) is 12.1. The Morgan fingerprint density at radius 1 is 1.00 bits per heavy atom. The van der Waals surface area contributed by atoms with Crippen LogP contribution in [0.2, 0.25) is 0 Å². The number of nitrogens with zero attached hydrogens (tertiary/aromatic N) is 1. The average Bonchev–Trinajstić information content (AvgIpc) is 3.01. The molecule has 0 unspecified atom stereocenters. The summed E-state index contributed by atoms with van der Waals surface area (Å²) < 4.78 is 1.28. The van der Waals surface area contributed by atoms with Crippen LogP contribution in [0.3, 0.4) is 0 Å². The number of H-pyrrole nitrogens is 1. The monoisotopic (exact) mass is 461 g/mol. The maximum atomic E-state index is 5.71. The number of fused-ring (bicyclic) bond motifs is 1. The SMILES string of the molecule is CCN(CC)c1ccc(-c2[nH]c3ccc(I)cc3c2CCCCN)cc1. The molecule has 3 aromatic rings. The molecule has 0 bridgehead atoms. The van der Waals surface area contributed by atoms with E-state index < -0.39 is 0 Å². The summed E-state index contributed by atoms with van der Waals surface area (Å²) in [5, 5.41) is 1.34. The molecule has 1 heterocycles. The van der Waals surface area contributed by atoms with Gasteiger partial charge in [0.15, 0.2) is 0 Å². The van der Waals surface area contributed by atoms with Gasteiger partial charge in [0.05, 0.1) is 0 Å². The molecule has 4 heteroatoms. The Morgan fingerprint density at radius 3 is 2.38 bits per heavy atom. The Morgan fingerprint density at radius 2 is 1.73 bits per heavy atom. The number of halogens is 1. The molecule has 0 spiro atoms. The molecule has 3 rings (SSSR count). The zero-order chi connectivity index (χ0) is 18.5. The standard InChI is InChI=1S/C22H28IN3/c1-3-26(4-2)18-11-8-16(9-12-18)22-19(7-5-6-14-24)20-15-17(23)10-13-21(20)25-22/h8-13,15,25H,3-7,14,24H2,1-2H3. The summed E-state index contributed by atoms with van der Waals surface area (Å²) in [6, 6.07) is 15.6. The van der Waals surface area contributed by atoms with Crippen molar-refractivity contribution >= 4 is 39.2 Å². The van der Waals surface area contributed by atoms with E-state index in [2.05, 4.69) is 88.8 Å². The zero-order valence-electron chi connectivity index (χ0n) is 15.7. The average molecular weight is 461 g/mol. The first-order valence-electron chi connectivity index (χ1n) is 9.53. The Hall–Kier alpha value is -1.53. The minimum atomic E-state index is 0.758. The summed E-state index contributed by atoms with van der Waals surface area (Å²) in [6.07, 6.45) is 3.25. The number of nitrogens with one attached hydrogen (secondary N) is 1. The van der Waals surface area contributed by atoms with Crippen LogP contribution in [-0.4, -0.2) is 24.6 Å². The highest BCUT2D eigenvalue weighted by atomic mass is 127. The number of anilines is 1. The third-order valence-electron chi connectivity index (χ3n) is 5.03. The first-order chi connectivity index (χ1) is 12.7. The fourth-order valence-corrected chi connectivity index (χ4v) is 4.09. The van der Waals surface area contributed by atoms with E-state index in [0.717, 1.165) is 38.9 Å². The lowest BCUT2D eigenvalue weighted by atomic mass is 10.00. The summed E-state index contributed by atoms with van der Waals surface area (Å²) in [6.45, 7) is 7.22. The van der Waals surface area contributed by atoms with Crippen LogP contribution in [0.5, 0.6) is 0 Å². The van der Waals surface area contributed by atoms with E-state index in [4.69, 9.17) is 5.73 Å². The van der Waals surface area contributed by atoms with E-state index in [9.17, 15) is 0 Å². The molecule has 0 aliphatic rings. The highest BCUT2D eigenvalue weighted by molar-refractivity contribution is 14.1. The minimum Gasteiger partial charge on any atom is -0.372 e. The zero-order valence-corrected chi connectivity index (χ0v) is 17.8. The van der Waals surface area contributed by atoms with Gasteiger partial charge in [-0.2, -0.15) is 0 Å². The van der Waals surface area contributed by atoms with Crippen molar-refractivity contribution in [2.45, 2.75) is 33.1 Å². The second-order valence-electron chi connectivity index (χ2n) is 6.63. The van der Waals surface area contributed by atoms with E-state index in [1.165, 1.54) is 37.0 Å². The molecular weight excluding hydrogens is 433 g/mol. The van der Waals surface area contributed by atoms with Crippen LogP contribution < -0.4 is 10.6 Å². The number of hydrogen-bond acceptors (Lipinski definition) is 2. The van der Waals surface area contributed by atoms with Gasteiger partial charge in [-0.05, 0) is 104 Å². The summed E-state index contributed by atoms with van der Waals surface area (Å²) >= 11 is 2.39. The van der Waals surface area contributed by atoms with Gasteiger partial charge in [0.2, 0.25) is 0 Å². The molecule has 0 saturated heterocycles. The molecule has 0 fully saturated rings. The number of aromatic amines is 1. The summed E-state index contributed by atoms with van der Waals surface area (Å²) in [5.74, 6) is 0. The molecule has 3 nitrogen and oxygen atoms in total. The van der Waals surface area contributed by atoms with Gasteiger partial charge >= 0.3 is 0 Å². The molecule has 0 aliphatic heterocycles. The third-order valence-corrected chi connectivity index (χ3v) is 5.70. The van der Waals surface area contributed by atoms with Crippen molar-refractivity contribution in [2.24, 2.45) is 5.73 Å². The largest absolute Gasteiger partial charge is 0.372 e. The van der Waals surface area contributed by atoms with Gasteiger partial charge in [0, 0.05) is 38.9 Å². The van der Waals surface area contributed by atoms with Crippen LogP contribution in [0.25, 0.3) is 22.2 Å². The number of rotatable bonds is 8. The topological polar surface area (TPSA) is 45.0 Å². The first-order valence-corrected chi connectivity index (χ1v) is 10.6. The molecule has 0 atom stereocenters. The molecular formula is C22H28IN3. The fraction of sp³-hybridized carbons (Fsp3) is 0.364. The quantitative estimate of drug-likeness (QED) is 0.341. The van der Waals surface area contributed by atoms with E-state index in [1.807, 2.05) is 0 Å². The van der Waals surface area contributed by atoms with Crippen molar-refractivity contribution < 1.29 is 0 Å². The number of aromatic nitrogens is 1. The van der Waals surface area contributed by atoms with Crippen LogP contribution in [0.4, 0.5) is 5.69 Å². The predicted molar refractivity (Wildman–Crippen MR) is 122 cm³/mol. The van der Waals surface area contributed by atoms with Crippen LogP contribution in [0, 0.1) is 3.57 Å². The minimum absolute atomic E-state index is 0.758. The molecule has 138 valence electrons. The van der Waals surface area contributed by atoms with E-state index >= 15 is 0 Å². The number of hydrogen-bond donors (Lipinski definition) is 2. The highest BCUT2D eigenvalue weighted by Gasteiger charge is 2.14. The lowest BCUT2D eigenvalue weighted by Crippen LogP contribution is -2.21. The van der Waals surface area contributed by atoms with Gasteiger partial charge in [-0.15, -0.1) is 0 Å². The number of benzene rings is 2. The van der Waals surface area contributed by atoms with Crippen molar-refractivity contribution in [3.63, 3.8) is 0 Å². The van der Waals surface area contributed by atoms with Crippen molar-refractivity contribution in [2.75, 3.05) is 24.5 Å². The molecule has 0 radical (unpaired) electrons. The van der Waals surface area contributed by atoms with E-state index in [1.54, 1.807) is 0 Å². The Kier molecular flexibility index (Phi) is 6.59. The molecule has 26 heavy (non-hydrogen) atoms. The molecule has 0 saturated carbocycles. The maximum absolute atomic E-state index is 5.71. The van der Waals surface area contributed by atoms with Crippen LogP contribution >= 0.6 is 22.6 Å². The molecule has 2 aromatic carbocycles. The highest BCUT2D eigenvalue weighted by Crippen LogP contribution is 2.33. The Bertz CT molecular complexity index is 848. The Balaban J connectivity index is 2.01. The lowest BCUT2D eigenvalue weighted by Gasteiger charge is -2.21. The first kappa shape index (κ1) is 19.2. The van der Waals surface area contributed by atoms with Crippen molar-refractivity contribution in [1.82, 2.24) is 4.98 Å². The van der Waals surface area contributed by atoms with E-state index in [-0.39, 0.29) is 0 Å². The smallest absolute Gasteiger partial charge is 0.0497 e. The second-order valence-corrected chi connectivity index (χ2v) is 7.88. The van der Waals surface area contributed by atoms with Crippen molar-refractivity contribution in [1.29, 1.82) is 0 Å². The maximum Gasteiger partial charge on any atom is 0.0497 e. The molecule has 0 amide bonds. The molecule has 1 aromatic heterocycles. The van der Waals surface area contributed by atoms with Crippen LogP contribution in [0.15, 0.2) is 42.5 Å². The second kappa shape index (κ2) is 8.91. The van der Waals surface area contributed by atoms with Gasteiger partial charge < -0.3 is 15.6 Å². The summed E-state index contributed by atoms with van der Waals surface area (Å²) in [4.78, 5) is 6.04. The summed E-state index contributed by atoms with van der Waals surface area (Å²) in [7, 11) is 0. The van der Waals surface area contributed by atoms with E-state index in [0.29, 0.717) is 0 Å². The van der Waals surface area contributed by atoms with Gasteiger partial charge in [0.1, 0.15) is 0 Å². The van der Waals surface area contributed by atoms with Crippen molar-refractivity contribution in [3.8, 4) is 11.3 Å². The van der Waals surface area contributed by atoms with Gasteiger partial charge in [0.25, 0.3) is 0 Å². The van der Waals surface area contributed by atoms with Gasteiger partial charge in [-0.25, -0.2) is 0 Å². The van der Waals surface area contributed by atoms with Crippen LogP contribution in [0.1, 0.15) is 32.3 Å². The molecule has 3 N–H and O–H groups in total.